The molecule has 0 bridgehead atoms. The summed E-state index contributed by atoms with van der Waals surface area (Å²) in [5.74, 6) is 0.750. The first kappa shape index (κ1) is 12.7. The third-order valence-corrected chi connectivity index (χ3v) is 3.00. The third-order valence-electron chi connectivity index (χ3n) is 3.00. The van der Waals surface area contributed by atoms with Crippen LogP contribution in [0.25, 0.3) is 11.2 Å². The minimum absolute atomic E-state index is 0.722. The Morgan fingerprint density at radius 3 is 2.78 bits per heavy atom. The summed E-state index contributed by atoms with van der Waals surface area (Å²) in [6, 6.07) is 0. The summed E-state index contributed by atoms with van der Waals surface area (Å²) >= 11 is 0. The van der Waals surface area contributed by atoms with Crippen molar-refractivity contribution in [3.63, 3.8) is 0 Å². The van der Waals surface area contributed by atoms with Gasteiger partial charge in [-0.15, -0.1) is 5.10 Å². The molecular formula is C11H19N7. The lowest BCUT2D eigenvalue weighted by molar-refractivity contribution is 0.316. The first-order valence-corrected chi connectivity index (χ1v) is 6.22. The summed E-state index contributed by atoms with van der Waals surface area (Å²) < 4.78 is 1.65. The lowest BCUT2D eigenvalue weighted by Gasteiger charge is -2.18. The maximum absolute atomic E-state index is 4.21. The van der Waals surface area contributed by atoms with Crippen molar-refractivity contribution in [1.82, 2.24) is 29.9 Å². The van der Waals surface area contributed by atoms with E-state index < -0.39 is 0 Å². The van der Waals surface area contributed by atoms with Crippen molar-refractivity contribution in [2.75, 3.05) is 31.5 Å². The van der Waals surface area contributed by atoms with Crippen molar-refractivity contribution in [2.45, 2.75) is 13.8 Å². The summed E-state index contributed by atoms with van der Waals surface area (Å²) in [5.41, 5.74) is 1.47. The van der Waals surface area contributed by atoms with Crippen LogP contribution in [-0.2, 0) is 7.05 Å². The molecule has 18 heavy (non-hydrogen) atoms. The molecule has 0 aliphatic heterocycles. The third kappa shape index (κ3) is 2.56. The van der Waals surface area contributed by atoms with Gasteiger partial charge in [0.05, 0.1) is 0 Å². The Kier molecular flexibility index (Phi) is 4.03. The van der Waals surface area contributed by atoms with Gasteiger partial charge in [-0.2, -0.15) is 0 Å². The molecule has 7 heteroatoms. The van der Waals surface area contributed by atoms with Crippen LogP contribution in [0.5, 0.6) is 0 Å². The normalized spacial score (nSPS) is 11.3. The molecule has 98 valence electrons. The van der Waals surface area contributed by atoms with Gasteiger partial charge in [0.25, 0.3) is 0 Å². The molecule has 0 aliphatic carbocycles. The van der Waals surface area contributed by atoms with Crippen molar-refractivity contribution in [1.29, 1.82) is 0 Å². The van der Waals surface area contributed by atoms with E-state index >= 15 is 0 Å². The molecule has 2 rings (SSSR count). The van der Waals surface area contributed by atoms with Gasteiger partial charge in [0.2, 0.25) is 0 Å². The molecule has 0 saturated heterocycles. The maximum Gasteiger partial charge on any atom is 0.183 e. The van der Waals surface area contributed by atoms with E-state index in [1.165, 1.54) is 6.33 Å². The highest BCUT2D eigenvalue weighted by atomic mass is 15.4. The molecule has 0 saturated carbocycles. The molecule has 0 unspecified atom stereocenters. The van der Waals surface area contributed by atoms with Gasteiger partial charge in [-0.25, -0.2) is 14.6 Å². The molecule has 1 N–H and O–H groups in total. The van der Waals surface area contributed by atoms with Crippen LogP contribution in [0.2, 0.25) is 0 Å². The number of hydrogen-bond donors (Lipinski definition) is 1. The fraction of sp³-hybridized carbons (Fsp3) is 0.636. The van der Waals surface area contributed by atoms with E-state index in [0.717, 1.165) is 43.2 Å². The summed E-state index contributed by atoms with van der Waals surface area (Å²) in [6.07, 6.45) is 1.53. The molecular weight excluding hydrogens is 230 g/mol. The van der Waals surface area contributed by atoms with E-state index in [2.05, 4.69) is 44.3 Å². The number of anilines is 1. The lowest BCUT2D eigenvalue weighted by atomic mass is 10.4. The number of likely N-dealkylation sites (N-methyl/N-ethyl adjacent to an activating group) is 1. The van der Waals surface area contributed by atoms with Crippen molar-refractivity contribution < 1.29 is 0 Å². The molecule has 0 aromatic carbocycles. The maximum atomic E-state index is 4.21. The molecule has 0 fully saturated rings. The average molecular weight is 249 g/mol. The highest BCUT2D eigenvalue weighted by molar-refractivity contribution is 5.81. The van der Waals surface area contributed by atoms with Crippen LogP contribution in [0, 0.1) is 0 Å². The number of nitrogens with zero attached hydrogens (tertiary/aromatic N) is 6. The largest absolute Gasteiger partial charge is 0.367 e. The van der Waals surface area contributed by atoms with Crippen LogP contribution in [0.4, 0.5) is 5.82 Å². The van der Waals surface area contributed by atoms with E-state index in [4.69, 9.17) is 0 Å². The number of aromatic nitrogens is 5. The smallest absolute Gasteiger partial charge is 0.183 e. The Morgan fingerprint density at radius 2 is 2.06 bits per heavy atom. The van der Waals surface area contributed by atoms with E-state index in [0.29, 0.717) is 0 Å². The second kappa shape index (κ2) is 5.72. The van der Waals surface area contributed by atoms with Gasteiger partial charge in [0, 0.05) is 20.1 Å². The first-order valence-electron chi connectivity index (χ1n) is 6.22. The quantitative estimate of drug-likeness (QED) is 0.804. The highest BCUT2D eigenvalue weighted by Gasteiger charge is 2.09. The summed E-state index contributed by atoms with van der Waals surface area (Å²) in [4.78, 5) is 10.7. The van der Waals surface area contributed by atoms with Gasteiger partial charge in [0.15, 0.2) is 17.0 Å². The molecule has 2 aromatic heterocycles. The summed E-state index contributed by atoms with van der Waals surface area (Å²) in [7, 11) is 1.82. The number of fused-ring (bicyclic) bond motifs is 1. The Morgan fingerprint density at radius 1 is 1.28 bits per heavy atom. The molecule has 7 nitrogen and oxygen atoms in total. The number of hydrogen-bond acceptors (Lipinski definition) is 6. The summed E-state index contributed by atoms with van der Waals surface area (Å²) in [5, 5.41) is 11.3. The summed E-state index contributed by atoms with van der Waals surface area (Å²) in [6.45, 7) is 8.26. The van der Waals surface area contributed by atoms with Gasteiger partial charge in [-0.1, -0.05) is 19.1 Å². The molecule has 0 amide bonds. The number of aryl methyl sites for hydroxylation is 1. The Bertz CT molecular complexity index is 503. The van der Waals surface area contributed by atoms with Crippen LogP contribution in [-0.4, -0.2) is 56.0 Å². The van der Waals surface area contributed by atoms with Crippen molar-refractivity contribution in [2.24, 2.45) is 7.05 Å². The first-order chi connectivity index (χ1) is 8.76. The fourth-order valence-corrected chi connectivity index (χ4v) is 1.85. The van der Waals surface area contributed by atoms with Crippen molar-refractivity contribution in [3.05, 3.63) is 6.33 Å². The fourth-order valence-electron chi connectivity index (χ4n) is 1.85. The van der Waals surface area contributed by atoms with Gasteiger partial charge in [0.1, 0.15) is 6.33 Å². The molecule has 0 atom stereocenters. The highest BCUT2D eigenvalue weighted by Crippen LogP contribution is 2.14. The Hall–Kier alpha value is -1.76. The number of nitrogens with one attached hydrogen (secondary N) is 1. The average Bonchev–Trinajstić information content (AvgIpc) is 2.78. The van der Waals surface area contributed by atoms with Crippen LogP contribution in [0.15, 0.2) is 6.33 Å². The topological polar surface area (TPSA) is 71.8 Å². The Balaban J connectivity index is 2.03. The molecule has 2 heterocycles. The Labute approximate surface area is 106 Å². The minimum atomic E-state index is 0.722. The standard InChI is InChI=1S/C11H19N7/c1-4-18(5-2)7-6-12-10-9-11(14-8-13-10)17(3)16-15-9/h8H,4-7H2,1-3H3,(H,12,13,14). The van der Waals surface area contributed by atoms with Crippen molar-refractivity contribution >= 4 is 17.0 Å². The van der Waals surface area contributed by atoms with Gasteiger partial charge in [-0.05, 0) is 13.1 Å². The second-order valence-electron chi connectivity index (χ2n) is 4.06. The van der Waals surface area contributed by atoms with Crippen LogP contribution < -0.4 is 5.32 Å². The van der Waals surface area contributed by atoms with Gasteiger partial charge in [-0.3, -0.25) is 0 Å². The molecule has 0 radical (unpaired) electrons. The molecule has 0 aliphatic rings. The van der Waals surface area contributed by atoms with E-state index in [9.17, 15) is 0 Å². The minimum Gasteiger partial charge on any atom is -0.367 e. The van der Waals surface area contributed by atoms with Gasteiger partial charge < -0.3 is 10.2 Å². The second-order valence-corrected chi connectivity index (χ2v) is 4.06. The van der Waals surface area contributed by atoms with Crippen LogP contribution in [0.1, 0.15) is 13.8 Å². The van der Waals surface area contributed by atoms with Crippen LogP contribution in [0.3, 0.4) is 0 Å². The zero-order valence-corrected chi connectivity index (χ0v) is 11.1. The predicted octanol–water partition coefficient (Wildman–Crippen LogP) is 0.512. The zero-order valence-electron chi connectivity index (χ0n) is 11.1. The monoisotopic (exact) mass is 249 g/mol. The lowest BCUT2D eigenvalue weighted by Crippen LogP contribution is -2.28. The van der Waals surface area contributed by atoms with Crippen LogP contribution >= 0.6 is 0 Å². The van der Waals surface area contributed by atoms with Gasteiger partial charge >= 0.3 is 0 Å². The number of rotatable bonds is 6. The molecule has 2 aromatic rings. The van der Waals surface area contributed by atoms with E-state index in [1.54, 1.807) is 4.68 Å². The van der Waals surface area contributed by atoms with E-state index in [1.807, 2.05) is 7.05 Å². The predicted molar refractivity (Wildman–Crippen MR) is 70.4 cm³/mol. The molecule has 0 spiro atoms. The zero-order chi connectivity index (χ0) is 13.0. The van der Waals surface area contributed by atoms with Crippen molar-refractivity contribution in [3.8, 4) is 0 Å². The van der Waals surface area contributed by atoms with E-state index in [-0.39, 0.29) is 0 Å². The SMILES string of the molecule is CCN(CC)CCNc1ncnc2c1nnn2C.